The minimum Gasteiger partial charge on any atom is -0.394 e. The maximum absolute atomic E-state index is 9.77. The van der Waals surface area contributed by atoms with Crippen LogP contribution >= 0.6 is 0 Å². The summed E-state index contributed by atoms with van der Waals surface area (Å²) in [5.74, 6) is 0. The molecule has 0 saturated carbocycles. The van der Waals surface area contributed by atoms with Gasteiger partial charge in [-0.05, 0) is 25.7 Å². The van der Waals surface area contributed by atoms with Gasteiger partial charge in [-0.1, -0.05) is 0 Å². The van der Waals surface area contributed by atoms with Gasteiger partial charge in [0, 0.05) is 11.1 Å². The van der Waals surface area contributed by atoms with Gasteiger partial charge in [-0.2, -0.15) is 0 Å². The molecule has 0 aliphatic carbocycles. The molecule has 0 radical (unpaired) electrons. The van der Waals surface area contributed by atoms with Crippen LogP contribution in [0.5, 0.6) is 0 Å². The molecule has 10 heteroatoms. The molecule has 24 heavy (non-hydrogen) atoms. The number of rotatable bonds is 13. The Bertz CT molecular complexity index is 291. The lowest BCUT2D eigenvalue weighted by molar-refractivity contribution is -0.0304. The molecular formula is C14H32N2O8. The quantitative estimate of drug-likeness (QED) is 0.152. The third-order valence-corrected chi connectivity index (χ3v) is 4.23. The molecule has 0 saturated heterocycles. The lowest BCUT2D eigenvalue weighted by atomic mass is 9.66. The Balaban J connectivity index is 5.73. The van der Waals surface area contributed by atoms with Gasteiger partial charge in [0.25, 0.3) is 0 Å². The second-order valence-electron chi connectivity index (χ2n) is 6.47. The van der Waals surface area contributed by atoms with Crippen molar-refractivity contribution in [3.8, 4) is 0 Å². The summed E-state index contributed by atoms with van der Waals surface area (Å²) in [5.41, 5.74) is 9.32. The fourth-order valence-corrected chi connectivity index (χ4v) is 2.92. The van der Waals surface area contributed by atoms with Crippen molar-refractivity contribution < 1.29 is 40.9 Å². The molecule has 146 valence electrons. The van der Waals surface area contributed by atoms with E-state index in [1.165, 1.54) is 0 Å². The summed E-state index contributed by atoms with van der Waals surface area (Å²) in [7, 11) is 0. The van der Waals surface area contributed by atoms with Crippen molar-refractivity contribution in [2.24, 2.45) is 11.5 Å². The van der Waals surface area contributed by atoms with E-state index in [-0.39, 0.29) is 25.7 Å². The molecule has 0 bridgehead atoms. The molecule has 4 atom stereocenters. The number of nitrogens with two attached hydrogens (primary N) is 2. The van der Waals surface area contributed by atoms with E-state index in [1.807, 2.05) is 0 Å². The van der Waals surface area contributed by atoms with E-state index in [2.05, 4.69) is 0 Å². The largest absolute Gasteiger partial charge is 0.394 e. The Kier molecular flexibility index (Phi) is 10.4. The topological polar surface area (TPSA) is 214 Å². The van der Waals surface area contributed by atoms with E-state index in [9.17, 15) is 20.4 Å². The fourth-order valence-electron chi connectivity index (χ4n) is 2.92. The molecule has 0 spiro atoms. The molecule has 12 N–H and O–H groups in total. The predicted octanol–water partition coefficient (Wildman–Crippen LogP) is -4.65. The van der Waals surface area contributed by atoms with Crippen molar-refractivity contribution in [2.75, 3.05) is 26.4 Å². The van der Waals surface area contributed by atoms with Gasteiger partial charge in [-0.3, -0.25) is 0 Å². The van der Waals surface area contributed by atoms with Gasteiger partial charge in [-0.25, -0.2) is 0 Å². The van der Waals surface area contributed by atoms with E-state index >= 15 is 0 Å². The lowest BCUT2D eigenvalue weighted by Crippen LogP contribution is -2.70. The minimum absolute atomic E-state index is 0.298. The van der Waals surface area contributed by atoms with E-state index in [4.69, 9.17) is 31.9 Å². The first-order valence-corrected chi connectivity index (χ1v) is 7.81. The molecule has 0 aliphatic rings. The predicted molar refractivity (Wildman–Crippen MR) is 84.7 cm³/mol. The molecule has 10 nitrogen and oxygen atoms in total. The molecule has 0 rings (SSSR count). The number of aliphatic hydroxyl groups excluding tert-OH is 8. The maximum atomic E-state index is 9.77. The fraction of sp³-hybridized carbons (Fsp3) is 1.00. The summed E-state index contributed by atoms with van der Waals surface area (Å²) in [6.45, 7) is -2.52. The average molecular weight is 356 g/mol. The van der Waals surface area contributed by atoms with Gasteiger partial charge in [-0.15, -0.1) is 0 Å². The Hall–Kier alpha value is -0.400. The van der Waals surface area contributed by atoms with Crippen LogP contribution in [0, 0.1) is 0 Å². The zero-order valence-electron chi connectivity index (χ0n) is 13.7. The number of hydrogen-bond acceptors (Lipinski definition) is 10. The van der Waals surface area contributed by atoms with E-state index in [1.54, 1.807) is 0 Å². The smallest absolute Gasteiger partial charge is 0.0789 e. The monoisotopic (exact) mass is 356 g/mol. The first kappa shape index (κ1) is 23.6. The van der Waals surface area contributed by atoms with Crippen LogP contribution in [0.4, 0.5) is 0 Å². The third kappa shape index (κ3) is 6.84. The SMILES string of the molecule is NC(CC(O)CO)(CC(O)CO)C(N)(CC(O)CO)CC(O)CO. The van der Waals surface area contributed by atoms with E-state index in [0.717, 1.165) is 0 Å². The summed E-state index contributed by atoms with van der Waals surface area (Å²) >= 11 is 0. The van der Waals surface area contributed by atoms with E-state index < -0.39 is 61.9 Å². The van der Waals surface area contributed by atoms with Crippen molar-refractivity contribution in [1.29, 1.82) is 0 Å². The van der Waals surface area contributed by atoms with Crippen LogP contribution in [-0.2, 0) is 0 Å². The molecule has 0 fully saturated rings. The first-order valence-electron chi connectivity index (χ1n) is 7.81. The van der Waals surface area contributed by atoms with Crippen molar-refractivity contribution in [1.82, 2.24) is 0 Å². The highest BCUT2D eigenvalue weighted by Crippen LogP contribution is 2.35. The standard InChI is InChI=1S/C14H32N2O8/c15-13(1-9(21)5-17,2-10(22)6-18)14(16,3-11(23)7-19)4-12(24)8-20/h9-12,17-24H,1-8,15-16H2. The van der Waals surface area contributed by atoms with Crippen molar-refractivity contribution >= 4 is 0 Å². The third-order valence-electron chi connectivity index (χ3n) is 4.23. The molecule has 4 unspecified atom stereocenters. The second-order valence-corrected chi connectivity index (χ2v) is 6.47. The van der Waals surface area contributed by atoms with Crippen LogP contribution in [0.25, 0.3) is 0 Å². The molecule has 0 heterocycles. The summed E-state index contributed by atoms with van der Waals surface area (Å²) in [6.07, 6.45) is -6.35. The summed E-state index contributed by atoms with van der Waals surface area (Å²) in [5, 5.41) is 75.4. The molecule has 0 aromatic carbocycles. The lowest BCUT2D eigenvalue weighted by Gasteiger charge is -2.49. The Morgan fingerprint density at radius 2 is 0.667 bits per heavy atom. The minimum atomic E-state index is -1.62. The van der Waals surface area contributed by atoms with Gasteiger partial charge < -0.3 is 52.3 Å². The Labute approximate surface area is 141 Å². The van der Waals surface area contributed by atoms with Gasteiger partial charge >= 0.3 is 0 Å². The summed E-state index contributed by atoms with van der Waals surface area (Å²) in [6, 6.07) is 0. The van der Waals surface area contributed by atoms with Crippen LogP contribution in [0.1, 0.15) is 25.7 Å². The first-order chi connectivity index (χ1) is 11.1. The molecule has 0 aromatic heterocycles. The highest BCUT2D eigenvalue weighted by molar-refractivity contribution is 5.10. The van der Waals surface area contributed by atoms with Crippen LogP contribution in [0.15, 0.2) is 0 Å². The number of aliphatic hydroxyl groups is 8. The van der Waals surface area contributed by atoms with Crippen molar-refractivity contribution in [3.05, 3.63) is 0 Å². The molecular weight excluding hydrogens is 324 g/mol. The highest BCUT2D eigenvalue weighted by Gasteiger charge is 2.49. The molecule has 0 aliphatic heterocycles. The van der Waals surface area contributed by atoms with Gasteiger partial charge in [0.1, 0.15) is 0 Å². The zero-order chi connectivity index (χ0) is 19.0. The Morgan fingerprint density at radius 1 is 0.500 bits per heavy atom. The van der Waals surface area contributed by atoms with E-state index in [0.29, 0.717) is 0 Å². The Morgan fingerprint density at radius 3 is 0.792 bits per heavy atom. The van der Waals surface area contributed by atoms with Crippen LogP contribution in [0.2, 0.25) is 0 Å². The highest BCUT2D eigenvalue weighted by atomic mass is 16.3. The zero-order valence-corrected chi connectivity index (χ0v) is 13.7. The molecule has 0 aromatic rings. The van der Waals surface area contributed by atoms with Gasteiger partial charge in [0.05, 0.1) is 50.8 Å². The van der Waals surface area contributed by atoms with Crippen LogP contribution in [-0.4, -0.2) is 103 Å². The average Bonchev–Trinajstić information content (AvgIpc) is 2.53. The number of hydrogen-bond donors (Lipinski definition) is 10. The van der Waals surface area contributed by atoms with Crippen molar-refractivity contribution in [2.45, 2.75) is 61.2 Å². The van der Waals surface area contributed by atoms with Gasteiger partial charge in [0.15, 0.2) is 0 Å². The molecule has 0 amide bonds. The normalized spacial score (nSPS) is 22.2. The second kappa shape index (κ2) is 10.6. The summed E-state index contributed by atoms with van der Waals surface area (Å²) < 4.78 is 0. The van der Waals surface area contributed by atoms with Crippen molar-refractivity contribution in [3.63, 3.8) is 0 Å². The van der Waals surface area contributed by atoms with Crippen LogP contribution < -0.4 is 11.5 Å². The van der Waals surface area contributed by atoms with Gasteiger partial charge in [0.2, 0.25) is 0 Å². The van der Waals surface area contributed by atoms with Crippen LogP contribution in [0.3, 0.4) is 0 Å². The maximum Gasteiger partial charge on any atom is 0.0789 e. The summed E-state index contributed by atoms with van der Waals surface area (Å²) in [4.78, 5) is 0.